The van der Waals surface area contributed by atoms with E-state index >= 15 is 0 Å². The van der Waals surface area contributed by atoms with Gasteiger partial charge in [0.15, 0.2) is 5.13 Å². The van der Waals surface area contributed by atoms with Crippen LogP contribution in [0.5, 0.6) is 0 Å². The zero-order chi connectivity index (χ0) is 23.8. The molecular formula is C22H24ClFN4O3S2. The summed E-state index contributed by atoms with van der Waals surface area (Å²) in [6, 6.07) is 9.39. The quantitative estimate of drug-likeness (QED) is 0.483. The van der Waals surface area contributed by atoms with Crippen LogP contribution in [0.2, 0.25) is 5.02 Å². The highest BCUT2D eigenvalue weighted by Gasteiger charge is 2.42. The van der Waals surface area contributed by atoms with Gasteiger partial charge in [0.2, 0.25) is 15.9 Å². The summed E-state index contributed by atoms with van der Waals surface area (Å²) in [5, 5.41) is 0.864. The molecule has 7 nitrogen and oxygen atoms in total. The van der Waals surface area contributed by atoms with E-state index < -0.39 is 16.1 Å². The lowest BCUT2D eigenvalue weighted by Crippen LogP contribution is -2.49. The molecule has 0 N–H and O–H groups in total. The second kappa shape index (κ2) is 9.63. The van der Waals surface area contributed by atoms with Crippen molar-refractivity contribution in [1.82, 2.24) is 14.2 Å². The molecule has 1 fully saturated rings. The third-order valence-corrected chi connectivity index (χ3v) is 8.73. The maximum absolute atomic E-state index is 13.7. The molecule has 11 heteroatoms. The fourth-order valence-electron chi connectivity index (χ4n) is 3.80. The largest absolute Gasteiger partial charge is 0.308 e. The summed E-state index contributed by atoms with van der Waals surface area (Å²) >= 11 is 7.13. The first-order chi connectivity index (χ1) is 15.7. The molecule has 1 unspecified atom stereocenters. The normalized spacial score (nSPS) is 17.2. The number of carbonyl (C=O) groups is 1. The minimum atomic E-state index is -3.88. The van der Waals surface area contributed by atoms with Crippen LogP contribution in [0.4, 0.5) is 9.52 Å². The first-order valence-corrected chi connectivity index (χ1v) is 13.1. The van der Waals surface area contributed by atoms with E-state index in [1.165, 1.54) is 56.9 Å². The van der Waals surface area contributed by atoms with Crippen molar-refractivity contribution in [3.8, 4) is 0 Å². The molecule has 1 atom stereocenters. The lowest BCUT2D eigenvalue weighted by Gasteiger charge is -2.29. The monoisotopic (exact) mass is 510 g/mol. The molecule has 0 saturated carbocycles. The van der Waals surface area contributed by atoms with Crippen LogP contribution in [0, 0.1) is 5.82 Å². The summed E-state index contributed by atoms with van der Waals surface area (Å²) < 4.78 is 42.2. The molecule has 1 saturated heterocycles. The lowest BCUT2D eigenvalue weighted by molar-refractivity contribution is -0.121. The summed E-state index contributed by atoms with van der Waals surface area (Å²) in [5.41, 5.74) is 0.594. The van der Waals surface area contributed by atoms with E-state index in [2.05, 4.69) is 4.98 Å². The van der Waals surface area contributed by atoms with Crippen molar-refractivity contribution < 1.29 is 17.6 Å². The second-order valence-corrected chi connectivity index (χ2v) is 11.5. The molecule has 3 aromatic rings. The van der Waals surface area contributed by atoms with Crippen LogP contribution >= 0.6 is 22.9 Å². The highest BCUT2D eigenvalue weighted by atomic mass is 35.5. The van der Waals surface area contributed by atoms with E-state index in [0.29, 0.717) is 46.3 Å². The third kappa shape index (κ3) is 5.04. The standard InChI is InChI=1S/C22H24ClFN4O3S2/c1-26(2)12-13-27(22-25-18-10-7-16(24)14-20(18)32-22)21(29)19-4-3-11-28(19)33(30,31)17-8-5-15(23)6-9-17/h5-10,14,19H,3-4,11-13H2,1-2H3. The summed E-state index contributed by atoms with van der Waals surface area (Å²) in [5.74, 6) is -0.702. The number of anilines is 1. The van der Waals surface area contributed by atoms with E-state index in [4.69, 9.17) is 11.6 Å². The SMILES string of the molecule is CN(C)CCN(C(=O)C1CCCN1S(=O)(=O)c1ccc(Cl)cc1)c1nc2ccc(F)cc2s1. The number of thiazole rings is 1. The Kier molecular flexibility index (Phi) is 7.01. The third-order valence-electron chi connectivity index (χ3n) is 5.52. The predicted octanol–water partition coefficient (Wildman–Crippen LogP) is 3.84. The zero-order valence-electron chi connectivity index (χ0n) is 18.2. The van der Waals surface area contributed by atoms with E-state index in [0.717, 1.165) is 0 Å². The molecular weight excluding hydrogens is 487 g/mol. The molecule has 1 aliphatic rings. The molecule has 4 rings (SSSR count). The summed E-state index contributed by atoms with van der Waals surface area (Å²) in [7, 11) is -0.0925. The van der Waals surface area contributed by atoms with Gasteiger partial charge in [0.05, 0.1) is 15.1 Å². The van der Waals surface area contributed by atoms with Gasteiger partial charge >= 0.3 is 0 Å². The lowest BCUT2D eigenvalue weighted by atomic mass is 10.2. The molecule has 2 heterocycles. The van der Waals surface area contributed by atoms with Crippen LogP contribution < -0.4 is 4.90 Å². The number of fused-ring (bicyclic) bond motifs is 1. The van der Waals surface area contributed by atoms with Gasteiger partial charge in [-0.2, -0.15) is 4.31 Å². The number of likely N-dealkylation sites (N-methyl/N-ethyl adjacent to an activating group) is 1. The minimum absolute atomic E-state index is 0.0990. The predicted molar refractivity (Wildman–Crippen MR) is 129 cm³/mol. The van der Waals surface area contributed by atoms with Gasteiger partial charge < -0.3 is 4.90 Å². The average molecular weight is 511 g/mol. The van der Waals surface area contributed by atoms with Crippen molar-refractivity contribution in [1.29, 1.82) is 0 Å². The van der Waals surface area contributed by atoms with Crippen molar-refractivity contribution in [2.45, 2.75) is 23.8 Å². The Balaban J connectivity index is 1.67. The topological polar surface area (TPSA) is 73.8 Å². The fraction of sp³-hybridized carbons (Fsp3) is 0.364. The maximum atomic E-state index is 13.7. The molecule has 2 aromatic carbocycles. The van der Waals surface area contributed by atoms with Gasteiger partial charge in [-0.3, -0.25) is 9.69 Å². The van der Waals surface area contributed by atoms with Crippen LogP contribution in [0.25, 0.3) is 10.2 Å². The molecule has 0 radical (unpaired) electrons. The molecule has 1 aromatic heterocycles. The molecule has 1 aliphatic heterocycles. The smallest absolute Gasteiger partial charge is 0.247 e. The molecule has 176 valence electrons. The van der Waals surface area contributed by atoms with E-state index in [1.807, 2.05) is 19.0 Å². The number of hydrogen-bond donors (Lipinski definition) is 0. The Bertz CT molecular complexity index is 1260. The molecule has 0 bridgehead atoms. The number of rotatable bonds is 7. The Morgan fingerprint density at radius 2 is 1.94 bits per heavy atom. The van der Waals surface area contributed by atoms with Gasteiger partial charge in [0.1, 0.15) is 11.9 Å². The number of amides is 1. The Morgan fingerprint density at radius 3 is 2.64 bits per heavy atom. The van der Waals surface area contributed by atoms with Gasteiger partial charge in [-0.25, -0.2) is 17.8 Å². The highest BCUT2D eigenvalue weighted by Crippen LogP contribution is 2.33. The van der Waals surface area contributed by atoms with Crippen molar-refractivity contribution in [3.05, 3.63) is 53.3 Å². The van der Waals surface area contributed by atoms with Crippen LogP contribution in [-0.2, 0) is 14.8 Å². The number of hydrogen-bond acceptors (Lipinski definition) is 6. The van der Waals surface area contributed by atoms with Crippen LogP contribution in [-0.4, -0.2) is 68.3 Å². The Morgan fingerprint density at radius 1 is 1.21 bits per heavy atom. The number of benzene rings is 2. The highest BCUT2D eigenvalue weighted by molar-refractivity contribution is 7.89. The number of halogens is 2. The first-order valence-electron chi connectivity index (χ1n) is 10.5. The Labute approximate surface area is 201 Å². The van der Waals surface area contributed by atoms with Crippen molar-refractivity contribution in [3.63, 3.8) is 0 Å². The molecule has 1 amide bonds. The number of carbonyl (C=O) groups excluding carboxylic acids is 1. The van der Waals surface area contributed by atoms with Crippen LogP contribution in [0.15, 0.2) is 47.4 Å². The zero-order valence-corrected chi connectivity index (χ0v) is 20.6. The van der Waals surface area contributed by atoms with Gasteiger partial charge in [0, 0.05) is 24.7 Å². The van der Waals surface area contributed by atoms with Crippen molar-refractivity contribution in [2.24, 2.45) is 0 Å². The number of sulfonamides is 1. The van der Waals surface area contributed by atoms with Crippen molar-refractivity contribution >= 4 is 54.2 Å². The average Bonchev–Trinajstić information content (AvgIpc) is 3.41. The van der Waals surface area contributed by atoms with E-state index in [1.54, 1.807) is 6.07 Å². The maximum Gasteiger partial charge on any atom is 0.247 e. The van der Waals surface area contributed by atoms with Gasteiger partial charge in [-0.1, -0.05) is 22.9 Å². The molecule has 33 heavy (non-hydrogen) atoms. The summed E-state index contributed by atoms with van der Waals surface area (Å²) in [4.78, 5) is 21.8. The second-order valence-electron chi connectivity index (χ2n) is 8.13. The van der Waals surface area contributed by atoms with Gasteiger partial charge in [-0.15, -0.1) is 0 Å². The van der Waals surface area contributed by atoms with Crippen LogP contribution in [0.3, 0.4) is 0 Å². The van der Waals surface area contributed by atoms with Crippen LogP contribution in [0.1, 0.15) is 12.8 Å². The minimum Gasteiger partial charge on any atom is -0.308 e. The first kappa shape index (κ1) is 24.0. The number of nitrogens with zero attached hydrogens (tertiary/aromatic N) is 4. The van der Waals surface area contributed by atoms with Gasteiger partial charge in [0.25, 0.3) is 0 Å². The fourth-order valence-corrected chi connectivity index (χ4v) is 6.60. The van der Waals surface area contributed by atoms with E-state index in [9.17, 15) is 17.6 Å². The number of aromatic nitrogens is 1. The van der Waals surface area contributed by atoms with Crippen molar-refractivity contribution in [2.75, 3.05) is 38.6 Å². The van der Waals surface area contributed by atoms with E-state index in [-0.39, 0.29) is 23.2 Å². The molecule has 0 spiro atoms. The molecule has 0 aliphatic carbocycles. The van der Waals surface area contributed by atoms with Gasteiger partial charge in [-0.05, 0) is 69.4 Å². The summed E-state index contributed by atoms with van der Waals surface area (Å²) in [6.45, 7) is 1.15. The Hall–Kier alpha value is -2.11. The summed E-state index contributed by atoms with van der Waals surface area (Å²) in [6.07, 6.45) is 0.999.